The van der Waals surface area contributed by atoms with E-state index in [9.17, 15) is 9.59 Å². The second-order valence-corrected chi connectivity index (χ2v) is 4.96. The Labute approximate surface area is 124 Å². The standard InChI is InChI=1S/C16H8N2O4/c17-13-9-3-1-7(5-11(9)15(19)21-13)8-2-4-10-12(6-8)16(20)22-14(10)18/h1-6,17-18H. The third-order valence-corrected chi connectivity index (χ3v) is 3.69. The van der Waals surface area contributed by atoms with Crippen LogP contribution in [0.1, 0.15) is 31.8 Å². The summed E-state index contributed by atoms with van der Waals surface area (Å²) in [6.45, 7) is 0. The molecule has 0 aliphatic carbocycles. The molecular weight excluding hydrogens is 284 g/mol. The van der Waals surface area contributed by atoms with Gasteiger partial charge in [-0.3, -0.25) is 10.8 Å². The number of rotatable bonds is 1. The molecule has 0 atom stereocenters. The quantitative estimate of drug-likeness (QED) is 0.788. The molecule has 0 saturated carbocycles. The first-order chi connectivity index (χ1) is 10.5. The first kappa shape index (κ1) is 12.5. The fourth-order valence-corrected chi connectivity index (χ4v) is 2.59. The lowest BCUT2D eigenvalue weighted by Gasteiger charge is -2.04. The Kier molecular flexibility index (Phi) is 2.33. The number of hydrogen-bond acceptors (Lipinski definition) is 6. The first-order valence-corrected chi connectivity index (χ1v) is 6.45. The Morgan fingerprint density at radius 1 is 0.636 bits per heavy atom. The van der Waals surface area contributed by atoms with Crippen LogP contribution in [-0.2, 0) is 9.47 Å². The number of benzene rings is 2. The van der Waals surface area contributed by atoms with Crippen LogP contribution in [0, 0.1) is 10.8 Å². The molecule has 0 amide bonds. The molecule has 2 aliphatic rings. The lowest BCUT2D eigenvalue weighted by molar-refractivity contribution is 0.0725. The molecule has 0 unspecified atom stereocenters. The number of hydrogen-bond donors (Lipinski definition) is 2. The number of fused-ring (bicyclic) bond motifs is 2. The van der Waals surface area contributed by atoms with Gasteiger partial charge in [0.05, 0.1) is 22.3 Å². The van der Waals surface area contributed by atoms with Crippen LogP contribution in [-0.4, -0.2) is 23.7 Å². The Balaban J connectivity index is 1.84. The zero-order valence-corrected chi connectivity index (χ0v) is 11.1. The van der Waals surface area contributed by atoms with Gasteiger partial charge in [0.15, 0.2) is 0 Å². The third-order valence-electron chi connectivity index (χ3n) is 3.69. The van der Waals surface area contributed by atoms with Crippen molar-refractivity contribution in [3.63, 3.8) is 0 Å². The molecule has 4 rings (SSSR count). The molecular formula is C16H8N2O4. The average molecular weight is 292 g/mol. The van der Waals surface area contributed by atoms with Gasteiger partial charge in [0.2, 0.25) is 11.8 Å². The summed E-state index contributed by atoms with van der Waals surface area (Å²) in [4.78, 5) is 23.4. The maximum Gasteiger partial charge on any atom is 0.345 e. The minimum atomic E-state index is -0.552. The average Bonchev–Trinajstić information content (AvgIpc) is 2.96. The Morgan fingerprint density at radius 2 is 1.05 bits per heavy atom. The molecule has 0 spiro atoms. The smallest absolute Gasteiger partial charge is 0.345 e. The van der Waals surface area contributed by atoms with E-state index in [1.165, 1.54) is 0 Å². The molecule has 0 saturated heterocycles. The number of ether oxygens (including phenoxy) is 2. The van der Waals surface area contributed by atoms with E-state index in [2.05, 4.69) is 0 Å². The van der Waals surface area contributed by atoms with E-state index >= 15 is 0 Å². The van der Waals surface area contributed by atoms with Gasteiger partial charge in [0.1, 0.15) is 0 Å². The van der Waals surface area contributed by atoms with E-state index in [1.807, 2.05) is 0 Å². The lowest BCUT2D eigenvalue weighted by Crippen LogP contribution is -1.97. The van der Waals surface area contributed by atoms with Gasteiger partial charge in [-0.1, -0.05) is 12.1 Å². The lowest BCUT2D eigenvalue weighted by atomic mass is 9.97. The fraction of sp³-hybridized carbons (Fsp3) is 0. The molecule has 0 radical (unpaired) electrons. The van der Waals surface area contributed by atoms with Crippen molar-refractivity contribution in [1.29, 1.82) is 10.8 Å². The topological polar surface area (TPSA) is 100 Å². The summed E-state index contributed by atoms with van der Waals surface area (Å²) in [5.41, 5.74) is 3.02. The number of esters is 2. The Bertz CT molecular complexity index is 839. The summed E-state index contributed by atoms with van der Waals surface area (Å²) in [5, 5.41) is 15.1. The maximum atomic E-state index is 11.7. The van der Waals surface area contributed by atoms with Crippen molar-refractivity contribution in [2.75, 3.05) is 0 Å². The highest BCUT2D eigenvalue weighted by Gasteiger charge is 2.29. The van der Waals surface area contributed by atoms with Crippen molar-refractivity contribution < 1.29 is 19.1 Å². The van der Waals surface area contributed by atoms with E-state index in [0.29, 0.717) is 22.3 Å². The molecule has 6 heteroatoms. The Hall–Kier alpha value is -3.28. The van der Waals surface area contributed by atoms with Crippen LogP contribution in [0.3, 0.4) is 0 Å². The van der Waals surface area contributed by atoms with Crippen molar-refractivity contribution >= 4 is 23.7 Å². The molecule has 2 N–H and O–H groups in total. The van der Waals surface area contributed by atoms with Gasteiger partial charge < -0.3 is 9.47 Å². The first-order valence-electron chi connectivity index (χ1n) is 6.45. The van der Waals surface area contributed by atoms with Crippen LogP contribution in [0.4, 0.5) is 0 Å². The van der Waals surface area contributed by atoms with Gasteiger partial charge in [0, 0.05) is 0 Å². The van der Waals surface area contributed by atoms with E-state index in [1.54, 1.807) is 36.4 Å². The summed E-state index contributed by atoms with van der Waals surface area (Å²) < 4.78 is 9.54. The van der Waals surface area contributed by atoms with Gasteiger partial charge in [-0.05, 0) is 35.4 Å². The summed E-state index contributed by atoms with van der Waals surface area (Å²) in [6, 6.07) is 10.1. The largest absolute Gasteiger partial charge is 0.404 e. The van der Waals surface area contributed by atoms with Crippen LogP contribution in [0.25, 0.3) is 11.1 Å². The predicted molar refractivity (Wildman–Crippen MR) is 76.4 cm³/mol. The number of nitrogens with one attached hydrogen (secondary N) is 2. The highest BCUT2D eigenvalue weighted by Crippen LogP contribution is 2.30. The van der Waals surface area contributed by atoms with Crippen LogP contribution >= 0.6 is 0 Å². The second kappa shape index (κ2) is 4.11. The maximum absolute atomic E-state index is 11.7. The van der Waals surface area contributed by atoms with E-state index in [4.69, 9.17) is 20.3 Å². The summed E-state index contributed by atoms with van der Waals surface area (Å²) in [6.07, 6.45) is 0. The Morgan fingerprint density at radius 3 is 1.45 bits per heavy atom. The van der Waals surface area contributed by atoms with Gasteiger partial charge >= 0.3 is 11.9 Å². The van der Waals surface area contributed by atoms with Gasteiger partial charge in [-0.2, -0.15) is 0 Å². The summed E-state index contributed by atoms with van der Waals surface area (Å²) in [7, 11) is 0. The zero-order chi connectivity index (χ0) is 15.4. The molecule has 22 heavy (non-hydrogen) atoms. The highest BCUT2D eigenvalue weighted by molar-refractivity contribution is 6.17. The van der Waals surface area contributed by atoms with Gasteiger partial charge in [0.25, 0.3) is 0 Å². The zero-order valence-electron chi connectivity index (χ0n) is 11.1. The minimum absolute atomic E-state index is 0.155. The van der Waals surface area contributed by atoms with Crippen LogP contribution in [0.5, 0.6) is 0 Å². The molecule has 0 bridgehead atoms. The number of carbonyl (C=O) groups excluding carboxylic acids is 2. The summed E-state index contributed by atoms with van der Waals surface area (Å²) in [5.74, 6) is -1.41. The molecule has 0 fully saturated rings. The number of carbonyl (C=O) groups is 2. The third kappa shape index (κ3) is 1.61. The van der Waals surface area contributed by atoms with Crippen molar-refractivity contribution in [2.45, 2.75) is 0 Å². The van der Waals surface area contributed by atoms with Crippen LogP contribution in [0.15, 0.2) is 36.4 Å². The van der Waals surface area contributed by atoms with E-state index in [0.717, 1.165) is 11.1 Å². The van der Waals surface area contributed by atoms with Crippen molar-refractivity contribution in [1.82, 2.24) is 0 Å². The molecule has 2 aliphatic heterocycles. The molecule has 106 valence electrons. The van der Waals surface area contributed by atoms with Crippen molar-refractivity contribution in [2.24, 2.45) is 0 Å². The highest BCUT2D eigenvalue weighted by atomic mass is 16.6. The SMILES string of the molecule is N=C1OC(=O)c2cc(-c3ccc4c(c3)C(=O)OC4=N)ccc21. The normalized spacial score (nSPS) is 15.5. The van der Waals surface area contributed by atoms with Gasteiger partial charge in [-0.25, -0.2) is 9.59 Å². The molecule has 2 aromatic rings. The van der Waals surface area contributed by atoms with E-state index < -0.39 is 11.9 Å². The van der Waals surface area contributed by atoms with Crippen molar-refractivity contribution in [3.05, 3.63) is 58.7 Å². The van der Waals surface area contributed by atoms with Crippen LogP contribution in [0.2, 0.25) is 0 Å². The summed E-state index contributed by atoms with van der Waals surface area (Å²) >= 11 is 0. The molecule has 6 nitrogen and oxygen atoms in total. The minimum Gasteiger partial charge on any atom is -0.404 e. The second-order valence-electron chi connectivity index (χ2n) is 4.96. The number of cyclic esters (lactones) is 2. The molecule has 0 aromatic heterocycles. The van der Waals surface area contributed by atoms with E-state index in [-0.39, 0.29) is 11.8 Å². The predicted octanol–water partition coefficient (Wildman–Crippen LogP) is 2.35. The van der Waals surface area contributed by atoms with Crippen LogP contribution < -0.4 is 0 Å². The molecule has 2 aromatic carbocycles. The fourth-order valence-electron chi connectivity index (χ4n) is 2.59. The van der Waals surface area contributed by atoms with Crippen molar-refractivity contribution in [3.8, 4) is 11.1 Å². The van der Waals surface area contributed by atoms with Gasteiger partial charge in [-0.15, -0.1) is 0 Å². The monoisotopic (exact) mass is 292 g/mol. The molecule has 2 heterocycles.